The Morgan fingerprint density at radius 2 is 0.800 bits per heavy atom. The predicted octanol–water partition coefficient (Wildman–Crippen LogP) is 16.3. The molecule has 14 aromatic rings. The lowest BCUT2D eigenvalue weighted by Crippen LogP contribution is -2.06. The van der Waals surface area contributed by atoms with Gasteiger partial charge >= 0.3 is 0 Å². The molecule has 65 heavy (non-hydrogen) atoms. The van der Waals surface area contributed by atoms with Gasteiger partial charge in [0.2, 0.25) is 0 Å². The molecular formula is C60H35N3O2. The zero-order valence-corrected chi connectivity index (χ0v) is 34.9. The number of hydrogen-bond acceptors (Lipinski definition) is 2. The van der Waals surface area contributed by atoms with Crippen LogP contribution in [0.2, 0.25) is 0 Å². The van der Waals surface area contributed by atoms with E-state index in [2.05, 4.69) is 214 Å². The van der Waals surface area contributed by atoms with Crippen LogP contribution < -0.4 is 4.74 Å². The van der Waals surface area contributed by atoms with Gasteiger partial charge < -0.3 is 22.9 Å². The van der Waals surface area contributed by atoms with Gasteiger partial charge in [-0.1, -0.05) is 121 Å². The van der Waals surface area contributed by atoms with Crippen molar-refractivity contribution in [1.29, 1.82) is 0 Å². The average molecular weight is 830 g/mol. The zero-order valence-electron chi connectivity index (χ0n) is 34.9. The third-order valence-electron chi connectivity index (χ3n) is 13.8. The van der Waals surface area contributed by atoms with Gasteiger partial charge in [0.25, 0.3) is 0 Å². The van der Waals surface area contributed by atoms with E-state index in [1.54, 1.807) is 0 Å². The summed E-state index contributed by atoms with van der Waals surface area (Å²) in [5.41, 5.74) is 16.7. The second kappa shape index (κ2) is 12.9. The average Bonchev–Trinajstić information content (AvgIpc) is 4.11. The summed E-state index contributed by atoms with van der Waals surface area (Å²) in [6.45, 7) is 0. The van der Waals surface area contributed by atoms with Gasteiger partial charge in [-0.15, -0.1) is 0 Å². The number of para-hydroxylation sites is 6. The van der Waals surface area contributed by atoms with E-state index >= 15 is 0 Å². The molecule has 5 heteroatoms. The van der Waals surface area contributed by atoms with Crippen molar-refractivity contribution in [3.8, 4) is 50.8 Å². The highest BCUT2D eigenvalue weighted by molar-refractivity contribution is 6.15. The molecule has 0 bridgehead atoms. The Labute approximate surface area is 371 Å². The molecule has 0 saturated heterocycles. The Balaban J connectivity index is 0.841. The molecule has 1 aliphatic rings. The molecule has 1 aliphatic heterocycles. The normalized spacial score (nSPS) is 12.4. The molecule has 0 spiro atoms. The first kappa shape index (κ1) is 34.7. The van der Waals surface area contributed by atoms with Crippen LogP contribution in [0.25, 0.3) is 127 Å². The number of nitrogens with zero attached hydrogens (tertiary/aromatic N) is 3. The lowest BCUT2D eigenvalue weighted by molar-refractivity contribution is 0.477. The summed E-state index contributed by atoms with van der Waals surface area (Å²) in [6, 6.07) is 76.6. The summed E-state index contributed by atoms with van der Waals surface area (Å²) < 4.78 is 20.0. The van der Waals surface area contributed by atoms with Crippen LogP contribution in [0.4, 0.5) is 0 Å². The lowest BCUT2D eigenvalue weighted by atomic mass is 10.0. The van der Waals surface area contributed by atoms with E-state index in [4.69, 9.17) is 9.15 Å². The van der Waals surface area contributed by atoms with Gasteiger partial charge in [0.05, 0.1) is 38.8 Å². The first-order valence-electron chi connectivity index (χ1n) is 22.2. The van der Waals surface area contributed by atoms with Gasteiger partial charge in [0.1, 0.15) is 11.2 Å². The van der Waals surface area contributed by atoms with Gasteiger partial charge in [-0.3, -0.25) is 0 Å². The van der Waals surface area contributed by atoms with Crippen LogP contribution in [0, 0.1) is 0 Å². The molecule has 0 atom stereocenters. The smallest absolute Gasteiger partial charge is 0.152 e. The largest absolute Gasteiger partial charge is 0.456 e. The maximum absolute atomic E-state index is 6.61. The maximum Gasteiger partial charge on any atom is 0.152 e. The van der Waals surface area contributed by atoms with Gasteiger partial charge in [0.15, 0.2) is 11.5 Å². The van der Waals surface area contributed by atoms with Crippen LogP contribution in [-0.2, 0) is 0 Å². The van der Waals surface area contributed by atoms with Crippen LogP contribution in [0.1, 0.15) is 0 Å². The van der Waals surface area contributed by atoms with Crippen molar-refractivity contribution in [3.05, 3.63) is 212 Å². The van der Waals surface area contributed by atoms with Crippen molar-refractivity contribution in [2.45, 2.75) is 0 Å². The molecule has 302 valence electrons. The van der Waals surface area contributed by atoms with Crippen molar-refractivity contribution < 1.29 is 9.15 Å². The SMILES string of the molecule is c1cc2c(c(-c3ccc(-n4c5ccccc5c5cc(-c6ccc7c(c6)c6ccccc6n7-c6ccc7oc8ccccc8c7c6)ccc54)cc3)c1)-n1c3ccccc3c3cccc(c31)O2. The first-order valence-corrected chi connectivity index (χ1v) is 22.2. The number of furan rings is 1. The van der Waals surface area contributed by atoms with Crippen molar-refractivity contribution in [1.82, 2.24) is 13.7 Å². The second-order valence-corrected chi connectivity index (χ2v) is 17.3. The summed E-state index contributed by atoms with van der Waals surface area (Å²) in [4.78, 5) is 0. The summed E-state index contributed by atoms with van der Waals surface area (Å²) in [7, 11) is 0. The van der Waals surface area contributed by atoms with Crippen LogP contribution >= 0.6 is 0 Å². The molecule has 5 heterocycles. The number of fused-ring (bicyclic) bond motifs is 14. The molecule has 0 N–H and O–H groups in total. The molecule has 0 amide bonds. The lowest BCUT2D eigenvalue weighted by Gasteiger charge is -2.23. The Morgan fingerprint density at radius 1 is 0.292 bits per heavy atom. The quantitative estimate of drug-likeness (QED) is 0.177. The second-order valence-electron chi connectivity index (χ2n) is 17.3. The fraction of sp³-hybridized carbons (Fsp3) is 0. The highest BCUT2D eigenvalue weighted by Crippen LogP contribution is 2.49. The number of aromatic nitrogens is 3. The van der Waals surface area contributed by atoms with E-state index in [1.165, 1.54) is 71.0 Å². The van der Waals surface area contributed by atoms with Crippen LogP contribution in [0.3, 0.4) is 0 Å². The molecule has 0 unspecified atom stereocenters. The summed E-state index contributed by atoms with van der Waals surface area (Å²) in [6.07, 6.45) is 0. The monoisotopic (exact) mass is 829 g/mol. The van der Waals surface area contributed by atoms with Gasteiger partial charge in [-0.05, 0) is 108 Å². The van der Waals surface area contributed by atoms with Crippen molar-refractivity contribution >= 4 is 87.4 Å². The Kier molecular flexibility index (Phi) is 6.89. The minimum atomic E-state index is 0.858. The van der Waals surface area contributed by atoms with Gasteiger partial charge in [-0.2, -0.15) is 0 Å². The Hall–Kier alpha value is -8.80. The highest BCUT2D eigenvalue weighted by atomic mass is 16.5. The van der Waals surface area contributed by atoms with Crippen molar-refractivity contribution in [2.24, 2.45) is 0 Å². The maximum atomic E-state index is 6.61. The Bertz CT molecular complexity index is 4330. The number of benzene rings is 10. The number of ether oxygens (including phenoxy) is 1. The first-order chi connectivity index (χ1) is 32.2. The Morgan fingerprint density at radius 3 is 1.51 bits per heavy atom. The van der Waals surface area contributed by atoms with Gasteiger partial charge in [0, 0.05) is 60.0 Å². The topological polar surface area (TPSA) is 37.2 Å². The molecule has 5 nitrogen and oxygen atoms in total. The third kappa shape index (κ3) is 4.81. The predicted molar refractivity (Wildman–Crippen MR) is 268 cm³/mol. The molecule has 4 aromatic heterocycles. The minimum Gasteiger partial charge on any atom is -0.456 e. The van der Waals surface area contributed by atoms with Crippen LogP contribution in [0.5, 0.6) is 11.5 Å². The molecule has 0 aliphatic carbocycles. The van der Waals surface area contributed by atoms with E-state index in [9.17, 15) is 0 Å². The minimum absolute atomic E-state index is 0.858. The number of hydrogen-bond donors (Lipinski definition) is 0. The van der Waals surface area contributed by atoms with E-state index in [1.807, 2.05) is 12.1 Å². The van der Waals surface area contributed by atoms with E-state index < -0.39 is 0 Å². The fourth-order valence-corrected chi connectivity index (χ4v) is 11.0. The van der Waals surface area contributed by atoms with Gasteiger partial charge in [-0.25, -0.2) is 0 Å². The zero-order chi connectivity index (χ0) is 42.3. The summed E-state index contributed by atoms with van der Waals surface area (Å²) in [5, 5.41) is 9.58. The number of rotatable bonds is 4. The standard InChI is InChI=1S/C60H35N3O2/c1-7-19-52-42(11-1)46-16-10-22-58-60(46)63(52)59-41(15-9-21-57(59)65-58)36-23-27-39(28-24-36)61-50-17-5-2-12-43(50)47-33-37(25-30-53(47)61)38-26-31-54-48(34-38)44-13-3-6-18-51(44)62(54)40-29-32-56-49(35-40)45-14-4-8-20-55(45)64-56/h1-35H. The molecule has 10 aromatic carbocycles. The molecule has 15 rings (SSSR count). The fourth-order valence-electron chi connectivity index (χ4n) is 11.0. The van der Waals surface area contributed by atoms with Crippen molar-refractivity contribution in [3.63, 3.8) is 0 Å². The summed E-state index contributed by atoms with van der Waals surface area (Å²) >= 11 is 0. The molecular weight excluding hydrogens is 795 g/mol. The highest BCUT2D eigenvalue weighted by Gasteiger charge is 2.26. The molecule has 0 radical (unpaired) electrons. The van der Waals surface area contributed by atoms with E-state index in [0.717, 1.165) is 67.1 Å². The summed E-state index contributed by atoms with van der Waals surface area (Å²) in [5.74, 6) is 1.74. The molecule has 0 fully saturated rings. The van der Waals surface area contributed by atoms with E-state index in [0.29, 0.717) is 0 Å². The van der Waals surface area contributed by atoms with Crippen LogP contribution in [-0.4, -0.2) is 13.7 Å². The van der Waals surface area contributed by atoms with E-state index in [-0.39, 0.29) is 0 Å². The molecule has 0 saturated carbocycles. The van der Waals surface area contributed by atoms with Crippen molar-refractivity contribution in [2.75, 3.05) is 0 Å². The van der Waals surface area contributed by atoms with Crippen LogP contribution in [0.15, 0.2) is 217 Å². The third-order valence-corrected chi connectivity index (χ3v) is 13.8.